The third kappa shape index (κ3) is 1.32. The Hall–Kier alpha value is -1.75. The number of benzene rings is 1. The van der Waals surface area contributed by atoms with Crippen molar-refractivity contribution >= 4 is 16.3 Å². The van der Waals surface area contributed by atoms with Gasteiger partial charge in [-0.25, -0.2) is 13.8 Å². The first-order valence-electron chi connectivity index (χ1n) is 4.62. The summed E-state index contributed by atoms with van der Waals surface area (Å²) in [6, 6.07) is 3.80. The Morgan fingerprint density at radius 2 is 1.94 bits per heavy atom. The first-order chi connectivity index (χ1) is 7.75. The average molecular weight is 236 g/mol. The monoisotopic (exact) mass is 236 g/mol. The zero-order valence-electron chi connectivity index (χ0n) is 8.02. The van der Waals surface area contributed by atoms with Crippen molar-refractivity contribution in [2.75, 3.05) is 0 Å². The molecule has 0 unspecified atom stereocenters. The zero-order valence-corrected chi connectivity index (χ0v) is 8.84. The number of thiazole rings is 1. The van der Waals surface area contributed by atoms with Gasteiger partial charge < -0.3 is 0 Å². The Morgan fingerprint density at radius 1 is 1.19 bits per heavy atom. The minimum atomic E-state index is -0.592. The normalized spacial score (nSPS) is 11.1. The molecule has 0 aliphatic rings. The lowest BCUT2D eigenvalue weighted by Gasteiger charge is -1.99. The van der Waals surface area contributed by atoms with Crippen molar-refractivity contribution < 1.29 is 8.78 Å². The number of imidazole rings is 1. The molecule has 2 aromatic heterocycles. The molecule has 0 saturated heterocycles. The number of halogens is 2. The fourth-order valence-corrected chi connectivity index (χ4v) is 2.29. The summed E-state index contributed by atoms with van der Waals surface area (Å²) in [7, 11) is 0. The summed E-state index contributed by atoms with van der Waals surface area (Å²) < 4.78 is 28.7. The molecular weight excluding hydrogens is 230 g/mol. The van der Waals surface area contributed by atoms with Crippen LogP contribution >= 0.6 is 11.3 Å². The second-order valence-electron chi connectivity index (χ2n) is 3.32. The number of hydrogen-bond donors (Lipinski definition) is 0. The number of aromatic nitrogens is 2. The van der Waals surface area contributed by atoms with Gasteiger partial charge in [-0.3, -0.25) is 4.40 Å². The molecule has 1 aromatic carbocycles. The van der Waals surface area contributed by atoms with E-state index >= 15 is 0 Å². The molecule has 80 valence electrons. The SMILES string of the molecule is Fc1cccc(F)c1-c1cn2ccsc2n1. The lowest BCUT2D eigenvalue weighted by Crippen LogP contribution is -1.89. The van der Waals surface area contributed by atoms with Crippen LogP contribution in [0.4, 0.5) is 8.78 Å². The standard InChI is InChI=1S/C11H6F2N2S/c12-7-2-1-3-8(13)10(7)9-6-15-4-5-16-11(15)14-9/h1-6H. The maximum Gasteiger partial charge on any atom is 0.194 e. The van der Waals surface area contributed by atoms with Gasteiger partial charge in [-0.05, 0) is 12.1 Å². The van der Waals surface area contributed by atoms with Gasteiger partial charge in [0, 0.05) is 17.8 Å². The fourth-order valence-electron chi connectivity index (χ4n) is 1.59. The summed E-state index contributed by atoms with van der Waals surface area (Å²) in [4.78, 5) is 4.89. The van der Waals surface area contributed by atoms with Crippen molar-refractivity contribution in [3.8, 4) is 11.3 Å². The van der Waals surface area contributed by atoms with Crippen LogP contribution in [0.5, 0.6) is 0 Å². The summed E-state index contributed by atoms with van der Waals surface area (Å²) in [6.45, 7) is 0. The maximum atomic E-state index is 13.5. The Balaban J connectivity index is 2.26. The van der Waals surface area contributed by atoms with Gasteiger partial charge >= 0.3 is 0 Å². The molecule has 2 nitrogen and oxygen atoms in total. The van der Waals surface area contributed by atoms with E-state index in [2.05, 4.69) is 4.98 Å². The molecule has 0 aliphatic heterocycles. The van der Waals surface area contributed by atoms with E-state index in [0.717, 1.165) is 4.96 Å². The molecule has 0 radical (unpaired) electrons. The highest BCUT2D eigenvalue weighted by Gasteiger charge is 2.14. The largest absolute Gasteiger partial charge is 0.297 e. The number of nitrogens with zero attached hydrogens (tertiary/aromatic N) is 2. The highest BCUT2D eigenvalue weighted by Crippen LogP contribution is 2.26. The van der Waals surface area contributed by atoms with Gasteiger partial charge in [0.2, 0.25) is 0 Å². The second-order valence-corrected chi connectivity index (χ2v) is 4.19. The van der Waals surface area contributed by atoms with Crippen LogP contribution in [0.2, 0.25) is 0 Å². The molecule has 5 heteroatoms. The van der Waals surface area contributed by atoms with Crippen molar-refractivity contribution in [2.24, 2.45) is 0 Å². The summed E-state index contributed by atoms with van der Waals surface area (Å²) in [5.74, 6) is -1.18. The van der Waals surface area contributed by atoms with E-state index in [1.807, 2.05) is 5.38 Å². The van der Waals surface area contributed by atoms with Crippen LogP contribution in [0.1, 0.15) is 0 Å². The molecule has 0 saturated carbocycles. The van der Waals surface area contributed by atoms with Crippen LogP contribution in [-0.4, -0.2) is 9.38 Å². The van der Waals surface area contributed by atoms with Crippen molar-refractivity contribution in [1.29, 1.82) is 0 Å². The Labute approximate surface area is 93.8 Å². The minimum Gasteiger partial charge on any atom is -0.297 e. The number of fused-ring (bicyclic) bond motifs is 1. The topological polar surface area (TPSA) is 17.3 Å². The molecule has 0 N–H and O–H groups in total. The third-order valence-electron chi connectivity index (χ3n) is 2.31. The molecule has 2 heterocycles. The van der Waals surface area contributed by atoms with E-state index in [9.17, 15) is 8.78 Å². The number of hydrogen-bond acceptors (Lipinski definition) is 2. The molecule has 0 fully saturated rings. The van der Waals surface area contributed by atoms with Crippen LogP contribution in [0.15, 0.2) is 36.0 Å². The quantitative estimate of drug-likeness (QED) is 0.633. The predicted molar refractivity (Wildman–Crippen MR) is 58.4 cm³/mol. The fraction of sp³-hybridized carbons (Fsp3) is 0. The number of rotatable bonds is 1. The van der Waals surface area contributed by atoms with E-state index in [1.54, 1.807) is 16.8 Å². The van der Waals surface area contributed by atoms with E-state index in [0.29, 0.717) is 5.69 Å². The Morgan fingerprint density at radius 3 is 2.62 bits per heavy atom. The average Bonchev–Trinajstić information content (AvgIpc) is 2.77. The van der Waals surface area contributed by atoms with Gasteiger partial charge in [0.25, 0.3) is 0 Å². The van der Waals surface area contributed by atoms with Crippen molar-refractivity contribution in [2.45, 2.75) is 0 Å². The van der Waals surface area contributed by atoms with Crippen LogP contribution in [0.3, 0.4) is 0 Å². The summed E-state index contributed by atoms with van der Waals surface area (Å²) >= 11 is 1.42. The maximum absolute atomic E-state index is 13.5. The predicted octanol–water partition coefficient (Wildman–Crippen LogP) is 3.34. The zero-order chi connectivity index (χ0) is 11.1. The molecule has 0 spiro atoms. The molecule has 0 atom stereocenters. The van der Waals surface area contributed by atoms with Gasteiger partial charge in [0.15, 0.2) is 4.96 Å². The van der Waals surface area contributed by atoms with Crippen molar-refractivity contribution in [3.05, 3.63) is 47.6 Å². The smallest absolute Gasteiger partial charge is 0.194 e. The van der Waals surface area contributed by atoms with Crippen LogP contribution in [0, 0.1) is 11.6 Å². The molecule has 0 amide bonds. The minimum absolute atomic E-state index is 0.0709. The second kappa shape index (κ2) is 3.38. The van der Waals surface area contributed by atoms with Gasteiger partial charge in [-0.1, -0.05) is 6.07 Å². The Kier molecular flexibility index (Phi) is 2.00. The third-order valence-corrected chi connectivity index (χ3v) is 3.08. The molecule has 0 bridgehead atoms. The Bertz CT molecular complexity index is 608. The van der Waals surface area contributed by atoms with Gasteiger partial charge in [0.05, 0.1) is 11.3 Å². The van der Waals surface area contributed by atoms with Crippen LogP contribution in [0.25, 0.3) is 16.2 Å². The lowest BCUT2D eigenvalue weighted by molar-refractivity contribution is 0.589. The molecule has 3 rings (SSSR count). The van der Waals surface area contributed by atoms with E-state index < -0.39 is 11.6 Å². The van der Waals surface area contributed by atoms with Crippen molar-refractivity contribution in [1.82, 2.24) is 9.38 Å². The van der Waals surface area contributed by atoms with Crippen molar-refractivity contribution in [3.63, 3.8) is 0 Å². The molecular formula is C11H6F2N2S. The van der Waals surface area contributed by atoms with Gasteiger partial charge in [0.1, 0.15) is 11.6 Å². The van der Waals surface area contributed by atoms with E-state index in [4.69, 9.17) is 0 Å². The molecule has 3 aromatic rings. The summed E-state index contributed by atoms with van der Waals surface area (Å²) in [5, 5.41) is 1.86. The molecule has 0 aliphatic carbocycles. The van der Waals surface area contributed by atoms with Gasteiger partial charge in [-0.2, -0.15) is 0 Å². The molecule has 16 heavy (non-hydrogen) atoms. The van der Waals surface area contributed by atoms with Gasteiger partial charge in [-0.15, -0.1) is 11.3 Å². The summed E-state index contributed by atoms with van der Waals surface area (Å²) in [6.07, 6.45) is 3.42. The summed E-state index contributed by atoms with van der Waals surface area (Å²) in [5.41, 5.74) is 0.251. The van der Waals surface area contributed by atoms with E-state index in [-0.39, 0.29) is 5.56 Å². The van der Waals surface area contributed by atoms with Crippen LogP contribution in [-0.2, 0) is 0 Å². The van der Waals surface area contributed by atoms with E-state index in [1.165, 1.54) is 29.5 Å². The first-order valence-corrected chi connectivity index (χ1v) is 5.50. The highest BCUT2D eigenvalue weighted by atomic mass is 32.1. The first kappa shape index (κ1) is 9.47. The van der Waals surface area contributed by atoms with Crippen LogP contribution < -0.4 is 0 Å². The highest BCUT2D eigenvalue weighted by molar-refractivity contribution is 7.15. The lowest BCUT2D eigenvalue weighted by atomic mass is 10.1.